The van der Waals surface area contributed by atoms with Crippen LogP contribution in [0.3, 0.4) is 0 Å². The zero-order valence-electron chi connectivity index (χ0n) is 25.8. The smallest absolute Gasteiger partial charge is 0.342 e. The second-order valence-electron chi connectivity index (χ2n) is 10.8. The first kappa shape index (κ1) is 30.6. The Hall–Kier alpha value is -4.84. The second-order valence-corrected chi connectivity index (χ2v) is 10.8. The van der Waals surface area contributed by atoms with E-state index in [0.717, 1.165) is 28.6 Å². The van der Waals surface area contributed by atoms with Crippen LogP contribution < -0.4 is 25.6 Å². The van der Waals surface area contributed by atoms with Crippen LogP contribution in [0.1, 0.15) is 37.6 Å². The molecule has 12 heteroatoms. The van der Waals surface area contributed by atoms with Crippen LogP contribution in [-0.2, 0) is 16.5 Å². The van der Waals surface area contributed by atoms with Gasteiger partial charge in [-0.15, -0.1) is 0 Å². The van der Waals surface area contributed by atoms with E-state index in [-0.39, 0.29) is 23.6 Å². The van der Waals surface area contributed by atoms with E-state index in [9.17, 15) is 9.59 Å². The molecule has 0 unspecified atom stereocenters. The van der Waals surface area contributed by atoms with E-state index in [0.29, 0.717) is 55.7 Å². The van der Waals surface area contributed by atoms with Crippen molar-refractivity contribution in [2.75, 3.05) is 55.5 Å². The standard InChI is InChI=1S/C32H39N7O5/c1-6-11-33-32(41)36-24-16-25(28(42-5)17-27(24)39-12-14-43-15-13-39)35-31-34-18-22(30(40)44-20(2)3)29(37-31)23-19-38(4)26-10-8-7-9-21(23)26/h7-10,16-20H,6,11-15H2,1-5H3,(H2,33,36,41)(H,34,35,37). The molecule has 2 amide bonds. The molecule has 1 fully saturated rings. The molecule has 12 nitrogen and oxygen atoms in total. The number of rotatable bonds is 10. The van der Waals surface area contributed by atoms with Crippen LogP contribution in [-0.4, -0.2) is 72.6 Å². The zero-order chi connectivity index (χ0) is 31.2. The van der Waals surface area contributed by atoms with Crippen molar-refractivity contribution in [1.29, 1.82) is 0 Å². The molecule has 2 aromatic carbocycles. The first-order valence-electron chi connectivity index (χ1n) is 14.8. The summed E-state index contributed by atoms with van der Waals surface area (Å²) in [7, 11) is 3.53. The number of anilines is 4. The summed E-state index contributed by atoms with van der Waals surface area (Å²) >= 11 is 0. The number of aromatic nitrogens is 3. The van der Waals surface area contributed by atoms with Crippen LogP contribution in [0.5, 0.6) is 5.75 Å². The number of carbonyl (C=O) groups excluding carboxylic acids is 2. The average Bonchev–Trinajstić information content (AvgIpc) is 3.36. The van der Waals surface area contributed by atoms with Crippen molar-refractivity contribution in [3.63, 3.8) is 0 Å². The Kier molecular flexibility index (Phi) is 9.49. The molecule has 0 bridgehead atoms. The number of benzene rings is 2. The Balaban J connectivity index is 1.57. The van der Waals surface area contributed by atoms with Crippen molar-refractivity contribution < 1.29 is 23.8 Å². The third-order valence-corrected chi connectivity index (χ3v) is 7.20. The summed E-state index contributed by atoms with van der Waals surface area (Å²) in [6.45, 7) is 8.66. The van der Waals surface area contributed by atoms with Gasteiger partial charge in [-0.2, -0.15) is 0 Å². The fourth-order valence-electron chi connectivity index (χ4n) is 5.13. The topological polar surface area (TPSA) is 132 Å². The van der Waals surface area contributed by atoms with E-state index in [2.05, 4.69) is 25.8 Å². The van der Waals surface area contributed by atoms with Crippen LogP contribution in [0, 0.1) is 0 Å². The molecule has 1 aliphatic heterocycles. The maximum Gasteiger partial charge on any atom is 0.342 e. The number of amides is 2. The molecule has 0 saturated carbocycles. The molecular weight excluding hydrogens is 562 g/mol. The Labute approximate surface area is 256 Å². The molecule has 4 aromatic rings. The number of hydrogen-bond donors (Lipinski definition) is 3. The Morgan fingerprint density at radius 1 is 1.11 bits per heavy atom. The highest BCUT2D eigenvalue weighted by atomic mass is 16.5. The van der Waals surface area contributed by atoms with Gasteiger partial charge in [0.05, 0.1) is 49.2 Å². The largest absolute Gasteiger partial charge is 0.494 e. The third-order valence-electron chi connectivity index (χ3n) is 7.20. The van der Waals surface area contributed by atoms with E-state index < -0.39 is 5.97 Å². The quantitative estimate of drug-likeness (QED) is 0.207. The van der Waals surface area contributed by atoms with Gasteiger partial charge in [-0.3, -0.25) is 0 Å². The number of nitrogens with one attached hydrogen (secondary N) is 3. The van der Waals surface area contributed by atoms with E-state index in [1.807, 2.05) is 55.1 Å². The Bertz CT molecular complexity index is 1650. The van der Waals surface area contributed by atoms with Crippen LogP contribution in [0.2, 0.25) is 0 Å². The minimum absolute atomic E-state index is 0.243. The summed E-state index contributed by atoms with van der Waals surface area (Å²) in [5.74, 6) is 0.268. The first-order chi connectivity index (χ1) is 21.3. The van der Waals surface area contributed by atoms with Crippen LogP contribution in [0.25, 0.3) is 22.2 Å². The summed E-state index contributed by atoms with van der Waals surface area (Å²) in [4.78, 5) is 37.4. The molecular formula is C32H39N7O5. The van der Waals surface area contributed by atoms with Crippen LogP contribution in [0.4, 0.5) is 27.8 Å². The maximum atomic E-state index is 13.2. The Morgan fingerprint density at radius 3 is 2.61 bits per heavy atom. The highest BCUT2D eigenvalue weighted by molar-refractivity contribution is 6.03. The molecule has 2 aromatic heterocycles. The molecule has 1 saturated heterocycles. The lowest BCUT2D eigenvalue weighted by atomic mass is 10.1. The van der Waals surface area contributed by atoms with Gasteiger partial charge >= 0.3 is 12.0 Å². The fraction of sp³-hybridized carbons (Fsp3) is 0.375. The Morgan fingerprint density at radius 2 is 1.89 bits per heavy atom. The van der Waals surface area contributed by atoms with Crippen molar-refractivity contribution in [2.45, 2.75) is 33.3 Å². The van der Waals surface area contributed by atoms with E-state index in [4.69, 9.17) is 19.2 Å². The number of morpholine rings is 1. The predicted molar refractivity (Wildman–Crippen MR) is 171 cm³/mol. The van der Waals surface area contributed by atoms with Crippen molar-refractivity contribution in [3.05, 3.63) is 54.4 Å². The summed E-state index contributed by atoms with van der Waals surface area (Å²) < 4.78 is 18.8. The van der Waals surface area contributed by atoms with Gasteiger partial charge in [-0.1, -0.05) is 25.1 Å². The van der Waals surface area contributed by atoms with E-state index in [1.165, 1.54) is 6.20 Å². The molecule has 232 valence electrons. The minimum atomic E-state index is -0.508. The molecule has 3 N–H and O–H groups in total. The van der Waals surface area contributed by atoms with Crippen molar-refractivity contribution in [1.82, 2.24) is 19.9 Å². The SMILES string of the molecule is CCCNC(=O)Nc1cc(Nc2ncc(C(=O)OC(C)C)c(-c3cn(C)c4ccccc34)n2)c(OC)cc1N1CCOCC1. The van der Waals surface area contributed by atoms with Gasteiger partial charge in [0.1, 0.15) is 11.3 Å². The number of ether oxygens (including phenoxy) is 3. The summed E-state index contributed by atoms with van der Waals surface area (Å²) in [5.41, 5.74) is 4.40. The van der Waals surface area contributed by atoms with Crippen LogP contribution >= 0.6 is 0 Å². The summed E-state index contributed by atoms with van der Waals surface area (Å²) in [6, 6.07) is 11.3. The number of aryl methyl sites for hydroxylation is 1. The lowest BCUT2D eigenvalue weighted by Crippen LogP contribution is -2.37. The first-order valence-corrected chi connectivity index (χ1v) is 14.8. The fourth-order valence-corrected chi connectivity index (χ4v) is 5.13. The van der Waals surface area contributed by atoms with Gasteiger partial charge in [0.25, 0.3) is 0 Å². The predicted octanol–water partition coefficient (Wildman–Crippen LogP) is 5.32. The van der Waals surface area contributed by atoms with E-state index >= 15 is 0 Å². The lowest BCUT2D eigenvalue weighted by Gasteiger charge is -2.31. The molecule has 3 heterocycles. The average molecular weight is 602 g/mol. The highest BCUT2D eigenvalue weighted by Crippen LogP contribution is 2.39. The number of para-hydroxylation sites is 1. The maximum absolute atomic E-state index is 13.2. The summed E-state index contributed by atoms with van der Waals surface area (Å²) in [5, 5.41) is 10.1. The van der Waals surface area contributed by atoms with Gasteiger partial charge in [0, 0.05) is 61.6 Å². The molecule has 44 heavy (non-hydrogen) atoms. The van der Waals surface area contributed by atoms with Gasteiger partial charge in [-0.25, -0.2) is 19.6 Å². The van der Waals surface area contributed by atoms with E-state index in [1.54, 1.807) is 27.0 Å². The second kappa shape index (κ2) is 13.6. The third kappa shape index (κ3) is 6.70. The van der Waals surface area contributed by atoms with Gasteiger partial charge < -0.3 is 39.6 Å². The molecule has 5 rings (SSSR count). The van der Waals surface area contributed by atoms with Gasteiger partial charge in [-0.05, 0) is 32.4 Å². The van der Waals surface area contributed by atoms with Crippen molar-refractivity contribution in [3.8, 4) is 17.0 Å². The highest BCUT2D eigenvalue weighted by Gasteiger charge is 2.24. The lowest BCUT2D eigenvalue weighted by molar-refractivity contribution is 0.0378. The van der Waals surface area contributed by atoms with Crippen molar-refractivity contribution >= 4 is 45.9 Å². The van der Waals surface area contributed by atoms with Crippen molar-refractivity contribution in [2.24, 2.45) is 7.05 Å². The molecule has 0 aliphatic carbocycles. The normalized spacial score (nSPS) is 13.2. The summed E-state index contributed by atoms with van der Waals surface area (Å²) in [6.07, 6.45) is 3.92. The number of fused-ring (bicyclic) bond motifs is 1. The number of methoxy groups -OCH3 is 1. The number of carbonyl (C=O) groups is 2. The number of hydrogen-bond acceptors (Lipinski definition) is 9. The van der Waals surface area contributed by atoms with Crippen LogP contribution in [0.15, 0.2) is 48.8 Å². The molecule has 1 aliphatic rings. The number of nitrogens with zero attached hydrogens (tertiary/aromatic N) is 4. The monoisotopic (exact) mass is 601 g/mol. The number of esters is 1. The van der Waals surface area contributed by atoms with Gasteiger partial charge in [0.2, 0.25) is 5.95 Å². The van der Waals surface area contributed by atoms with Gasteiger partial charge in [0.15, 0.2) is 0 Å². The number of urea groups is 1. The molecule has 0 radical (unpaired) electrons. The minimum Gasteiger partial charge on any atom is -0.494 e. The molecule has 0 atom stereocenters. The molecule has 0 spiro atoms. The zero-order valence-corrected chi connectivity index (χ0v) is 25.8.